The van der Waals surface area contributed by atoms with Crippen molar-refractivity contribution < 1.29 is 14.4 Å². The predicted molar refractivity (Wildman–Crippen MR) is 80.5 cm³/mol. The van der Waals surface area contributed by atoms with Gasteiger partial charge in [0.2, 0.25) is 17.7 Å². The van der Waals surface area contributed by atoms with Gasteiger partial charge in [-0.1, -0.05) is 19.3 Å². The minimum absolute atomic E-state index is 0.0860. The number of rotatable bonds is 6. The normalized spacial score (nSPS) is 18.4. The SMILES string of the molecule is CNC(=O)C(C)NC(=O)C(C)NC(=O)CC1CCCCC1. The summed E-state index contributed by atoms with van der Waals surface area (Å²) in [5.74, 6) is -0.247. The van der Waals surface area contributed by atoms with Gasteiger partial charge in [-0.05, 0) is 32.6 Å². The van der Waals surface area contributed by atoms with Crippen LogP contribution in [0.15, 0.2) is 0 Å². The lowest BCUT2D eigenvalue weighted by molar-refractivity contribution is -0.131. The molecule has 1 saturated carbocycles. The molecule has 6 nitrogen and oxygen atoms in total. The van der Waals surface area contributed by atoms with Crippen LogP contribution in [0.2, 0.25) is 0 Å². The van der Waals surface area contributed by atoms with E-state index in [1.807, 2.05) is 0 Å². The molecule has 120 valence electrons. The van der Waals surface area contributed by atoms with Gasteiger partial charge in [0.15, 0.2) is 0 Å². The molecule has 3 amide bonds. The van der Waals surface area contributed by atoms with Gasteiger partial charge in [0.1, 0.15) is 12.1 Å². The molecule has 2 unspecified atom stereocenters. The van der Waals surface area contributed by atoms with Crippen LogP contribution in [-0.2, 0) is 14.4 Å². The van der Waals surface area contributed by atoms with Crippen molar-refractivity contribution in [2.75, 3.05) is 7.05 Å². The molecule has 3 N–H and O–H groups in total. The van der Waals surface area contributed by atoms with Gasteiger partial charge in [-0.15, -0.1) is 0 Å². The highest BCUT2D eigenvalue weighted by atomic mass is 16.2. The van der Waals surface area contributed by atoms with E-state index < -0.39 is 12.1 Å². The molecule has 0 aromatic rings. The molecular formula is C15H27N3O3. The first-order chi connectivity index (χ1) is 9.93. The fourth-order valence-electron chi connectivity index (χ4n) is 2.64. The van der Waals surface area contributed by atoms with E-state index in [2.05, 4.69) is 16.0 Å². The molecule has 1 rings (SSSR count). The van der Waals surface area contributed by atoms with Crippen LogP contribution in [0.1, 0.15) is 52.4 Å². The first-order valence-corrected chi connectivity index (χ1v) is 7.75. The number of amides is 3. The van der Waals surface area contributed by atoms with Gasteiger partial charge in [0.25, 0.3) is 0 Å². The lowest BCUT2D eigenvalue weighted by Gasteiger charge is -2.22. The zero-order chi connectivity index (χ0) is 15.8. The largest absolute Gasteiger partial charge is 0.357 e. The number of nitrogens with one attached hydrogen (secondary N) is 3. The van der Waals surface area contributed by atoms with Crippen molar-refractivity contribution >= 4 is 17.7 Å². The summed E-state index contributed by atoms with van der Waals surface area (Å²) in [6, 6.07) is -1.24. The van der Waals surface area contributed by atoms with Gasteiger partial charge < -0.3 is 16.0 Å². The van der Waals surface area contributed by atoms with Crippen molar-refractivity contribution in [1.82, 2.24) is 16.0 Å². The zero-order valence-corrected chi connectivity index (χ0v) is 13.2. The fourth-order valence-corrected chi connectivity index (χ4v) is 2.64. The smallest absolute Gasteiger partial charge is 0.242 e. The molecule has 0 aliphatic heterocycles. The van der Waals surface area contributed by atoms with Gasteiger partial charge in [-0.2, -0.15) is 0 Å². The molecule has 0 radical (unpaired) electrons. The van der Waals surface area contributed by atoms with Gasteiger partial charge >= 0.3 is 0 Å². The van der Waals surface area contributed by atoms with Crippen molar-refractivity contribution in [1.29, 1.82) is 0 Å². The summed E-state index contributed by atoms with van der Waals surface area (Å²) in [6.07, 6.45) is 6.33. The quantitative estimate of drug-likeness (QED) is 0.675. The molecule has 0 spiro atoms. The Balaban J connectivity index is 2.33. The molecule has 0 saturated heterocycles. The molecule has 1 fully saturated rings. The van der Waals surface area contributed by atoms with Crippen LogP contribution in [0, 0.1) is 5.92 Å². The summed E-state index contributed by atoms with van der Waals surface area (Å²) >= 11 is 0. The van der Waals surface area contributed by atoms with Gasteiger partial charge in [-0.25, -0.2) is 0 Å². The van der Waals surface area contributed by atoms with E-state index in [-0.39, 0.29) is 17.7 Å². The first-order valence-electron chi connectivity index (χ1n) is 7.75. The maximum atomic E-state index is 11.9. The monoisotopic (exact) mass is 297 g/mol. The van der Waals surface area contributed by atoms with E-state index in [9.17, 15) is 14.4 Å². The van der Waals surface area contributed by atoms with Crippen LogP contribution in [0.25, 0.3) is 0 Å². The van der Waals surface area contributed by atoms with E-state index in [0.29, 0.717) is 12.3 Å². The van der Waals surface area contributed by atoms with E-state index in [4.69, 9.17) is 0 Å². The summed E-state index contributed by atoms with van der Waals surface area (Å²) in [5, 5.41) is 7.74. The third-order valence-electron chi connectivity index (χ3n) is 3.97. The number of carbonyl (C=O) groups is 3. The summed E-state index contributed by atoms with van der Waals surface area (Å²) in [5.41, 5.74) is 0. The molecule has 0 bridgehead atoms. The van der Waals surface area contributed by atoms with E-state index in [1.54, 1.807) is 13.8 Å². The maximum Gasteiger partial charge on any atom is 0.242 e. The molecule has 0 heterocycles. The molecular weight excluding hydrogens is 270 g/mol. The second-order valence-corrected chi connectivity index (χ2v) is 5.84. The molecule has 0 aromatic heterocycles. The molecule has 21 heavy (non-hydrogen) atoms. The van der Waals surface area contributed by atoms with Gasteiger partial charge in [0.05, 0.1) is 0 Å². The van der Waals surface area contributed by atoms with Crippen LogP contribution in [-0.4, -0.2) is 36.9 Å². The predicted octanol–water partition coefficient (Wildman–Crippen LogP) is 0.712. The summed E-state index contributed by atoms with van der Waals surface area (Å²) in [4.78, 5) is 35.2. The van der Waals surface area contributed by atoms with Crippen LogP contribution >= 0.6 is 0 Å². The Morgan fingerprint density at radius 1 is 0.952 bits per heavy atom. The van der Waals surface area contributed by atoms with Crippen molar-refractivity contribution in [3.8, 4) is 0 Å². The third-order valence-corrected chi connectivity index (χ3v) is 3.97. The van der Waals surface area contributed by atoms with Crippen molar-refractivity contribution in [2.45, 2.75) is 64.5 Å². The zero-order valence-electron chi connectivity index (χ0n) is 13.2. The number of carbonyl (C=O) groups excluding carboxylic acids is 3. The number of hydrogen-bond acceptors (Lipinski definition) is 3. The van der Waals surface area contributed by atoms with Crippen molar-refractivity contribution in [3.63, 3.8) is 0 Å². The Labute approximate surface area is 126 Å². The highest BCUT2D eigenvalue weighted by molar-refractivity contribution is 5.91. The van der Waals surface area contributed by atoms with Crippen molar-refractivity contribution in [3.05, 3.63) is 0 Å². The van der Waals surface area contributed by atoms with E-state index in [1.165, 1.54) is 26.3 Å². The van der Waals surface area contributed by atoms with Crippen LogP contribution in [0.3, 0.4) is 0 Å². The topological polar surface area (TPSA) is 87.3 Å². The summed E-state index contributed by atoms with van der Waals surface area (Å²) in [7, 11) is 1.51. The minimum Gasteiger partial charge on any atom is -0.357 e. The maximum absolute atomic E-state index is 11.9. The molecule has 0 aromatic carbocycles. The Morgan fingerprint density at radius 3 is 2.10 bits per heavy atom. The molecule has 6 heteroatoms. The molecule has 1 aliphatic carbocycles. The summed E-state index contributed by atoms with van der Waals surface area (Å²) in [6.45, 7) is 3.23. The second kappa shape index (κ2) is 8.64. The standard InChI is InChI=1S/C15H27N3O3/c1-10(14(20)16-3)18-15(21)11(2)17-13(19)9-12-7-5-4-6-8-12/h10-12H,4-9H2,1-3H3,(H,16,20)(H,17,19)(H,18,21). The average molecular weight is 297 g/mol. The lowest BCUT2D eigenvalue weighted by Crippen LogP contribution is -2.51. The van der Waals surface area contributed by atoms with E-state index >= 15 is 0 Å². The minimum atomic E-state index is -0.631. The molecule has 1 aliphatic rings. The number of likely N-dealkylation sites (N-methyl/N-ethyl adjacent to an activating group) is 1. The average Bonchev–Trinajstić information content (AvgIpc) is 2.46. The number of hydrogen-bond donors (Lipinski definition) is 3. The van der Waals surface area contributed by atoms with Gasteiger partial charge in [-0.3, -0.25) is 14.4 Å². The van der Waals surface area contributed by atoms with Crippen LogP contribution in [0.5, 0.6) is 0 Å². The highest BCUT2D eigenvalue weighted by Crippen LogP contribution is 2.26. The first kappa shape index (κ1) is 17.5. The Hall–Kier alpha value is -1.59. The fraction of sp³-hybridized carbons (Fsp3) is 0.800. The second-order valence-electron chi connectivity index (χ2n) is 5.84. The Kier molecular flexibility index (Phi) is 7.19. The Morgan fingerprint density at radius 2 is 1.52 bits per heavy atom. The van der Waals surface area contributed by atoms with Crippen LogP contribution in [0.4, 0.5) is 0 Å². The molecule has 2 atom stereocenters. The van der Waals surface area contributed by atoms with Crippen molar-refractivity contribution in [2.24, 2.45) is 5.92 Å². The van der Waals surface area contributed by atoms with E-state index in [0.717, 1.165) is 12.8 Å². The lowest BCUT2D eigenvalue weighted by atomic mass is 9.87. The highest BCUT2D eigenvalue weighted by Gasteiger charge is 2.22. The Bertz CT molecular complexity index is 378. The van der Waals surface area contributed by atoms with Crippen LogP contribution < -0.4 is 16.0 Å². The van der Waals surface area contributed by atoms with Gasteiger partial charge in [0, 0.05) is 13.5 Å². The third kappa shape index (κ3) is 6.14. The summed E-state index contributed by atoms with van der Waals surface area (Å²) < 4.78 is 0.